The van der Waals surface area contributed by atoms with E-state index in [1.54, 1.807) is 0 Å². The summed E-state index contributed by atoms with van der Waals surface area (Å²) in [7, 11) is 0. The predicted octanol–water partition coefficient (Wildman–Crippen LogP) is 2.68. The van der Waals surface area contributed by atoms with Crippen molar-refractivity contribution in [2.45, 2.75) is 37.9 Å². The van der Waals surface area contributed by atoms with Gasteiger partial charge >= 0.3 is 30.5 Å². The zero-order chi connectivity index (χ0) is 21.0. The molecular weight excluding hydrogens is 407 g/mol. The van der Waals surface area contributed by atoms with Gasteiger partial charge in [-0.2, -0.15) is 39.5 Å². The molecule has 2 rings (SSSR count). The zero-order valence-corrected chi connectivity index (χ0v) is 12.8. The van der Waals surface area contributed by atoms with E-state index in [-0.39, 0.29) is 5.95 Å². The SMILES string of the molecule is FC(F)(F)c1nnc2n1CCCCN2.O=C(OC(=O)C(F)(F)F)C(F)(F)F. The van der Waals surface area contributed by atoms with Crippen molar-refractivity contribution < 1.29 is 53.8 Å². The second kappa shape index (κ2) is 7.99. The molecule has 2 heterocycles. The maximum atomic E-state index is 12.4. The number of nitrogens with zero attached hydrogens (tertiary/aromatic N) is 3. The average molecular weight is 416 g/mol. The summed E-state index contributed by atoms with van der Waals surface area (Å²) >= 11 is 0. The third-order valence-corrected chi connectivity index (χ3v) is 2.74. The van der Waals surface area contributed by atoms with Gasteiger partial charge in [0.25, 0.3) is 0 Å². The zero-order valence-electron chi connectivity index (χ0n) is 12.8. The van der Waals surface area contributed by atoms with Crippen molar-refractivity contribution in [1.29, 1.82) is 0 Å². The van der Waals surface area contributed by atoms with Crippen molar-refractivity contribution in [3.05, 3.63) is 5.82 Å². The van der Waals surface area contributed by atoms with E-state index in [9.17, 15) is 49.1 Å². The van der Waals surface area contributed by atoms with Crippen LogP contribution in [-0.4, -0.2) is 45.6 Å². The van der Waals surface area contributed by atoms with Gasteiger partial charge in [0.1, 0.15) is 0 Å². The molecule has 0 fully saturated rings. The molecule has 0 radical (unpaired) electrons. The molecule has 27 heavy (non-hydrogen) atoms. The minimum absolute atomic E-state index is 0.217. The number of ether oxygens (including phenoxy) is 1. The van der Waals surface area contributed by atoms with E-state index >= 15 is 0 Å². The highest BCUT2D eigenvalue weighted by Crippen LogP contribution is 2.30. The third-order valence-electron chi connectivity index (χ3n) is 2.74. The molecule has 1 N–H and O–H groups in total. The third kappa shape index (κ3) is 6.59. The molecule has 1 aliphatic heterocycles. The molecule has 0 saturated heterocycles. The van der Waals surface area contributed by atoms with E-state index in [1.165, 1.54) is 0 Å². The summed E-state index contributed by atoms with van der Waals surface area (Å²) in [5.41, 5.74) is 0. The van der Waals surface area contributed by atoms with Crippen molar-refractivity contribution in [3.63, 3.8) is 0 Å². The number of halogens is 9. The first-order chi connectivity index (χ1) is 12.1. The molecule has 0 amide bonds. The van der Waals surface area contributed by atoms with Gasteiger partial charge in [-0.3, -0.25) is 4.57 Å². The number of hydrogen-bond acceptors (Lipinski definition) is 6. The lowest BCUT2D eigenvalue weighted by Crippen LogP contribution is -2.34. The maximum absolute atomic E-state index is 12.4. The van der Waals surface area contributed by atoms with Crippen LogP contribution in [0.2, 0.25) is 0 Å². The number of nitrogens with one attached hydrogen (secondary N) is 1. The van der Waals surface area contributed by atoms with Crippen molar-refractivity contribution in [2.24, 2.45) is 0 Å². The Morgan fingerprint density at radius 3 is 1.85 bits per heavy atom. The highest BCUT2D eigenvalue weighted by Gasteiger charge is 2.49. The Bertz CT molecular complexity index is 654. The molecule has 1 aromatic rings. The van der Waals surface area contributed by atoms with Crippen LogP contribution >= 0.6 is 0 Å². The molecule has 1 aliphatic rings. The second-order valence-corrected chi connectivity index (χ2v) is 4.80. The quantitative estimate of drug-likeness (QED) is 0.398. The summed E-state index contributed by atoms with van der Waals surface area (Å²) in [4.78, 5) is 19.3. The topological polar surface area (TPSA) is 86.1 Å². The van der Waals surface area contributed by atoms with Crippen molar-refractivity contribution >= 4 is 17.9 Å². The van der Waals surface area contributed by atoms with Gasteiger partial charge in [0.05, 0.1) is 0 Å². The summed E-state index contributed by atoms with van der Waals surface area (Å²) in [6, 6.07) is 0. The molecule has 0 unspecified atom stereocenters. The Morgan fingerprint density at radius 2 is 1.41 bits per heavy atom. The predicted molar refractivity (Wildman–Crippen MR) is 66.0 cm³/mol. The van der Waals surface area contributed by atoms with Crippen LogP contribution < -0.4 is 5.32 Å². The largest absolute Gasteiger partial charge is 0.491 e. The molecule has 16 heteroatoms. The Morgan fingerprint density at radius 1 is 0.889 bits per heavy atom. The van der Waals surface area contributed by atoms with Crippen LogP contribution in [0.3, 0.4) is 0 Å². The van der Waals surface area contributed by atoms with E-state index in [2.05, 4.69) is 20.3 Å². The van der Waals surface area contributed by atoms with Gasteiger partial charge in [-0.25, -0.2) is 9.59 Å². The first-order valence-electron chi connectivity index (χ1n) is 6.78. The fourth-order valence-electron chi connectivity index (χ4n) is 1.65. The Kier molecular flexibility index (Phi) is 6.66. The van der Waals surface area contributed by atoms with E-state index in [1.807, 2.05) is 0 Å². The van der Waals surface area contributed by atoms with Crippen LogP contribution in [0, 0.1) is 0 Å². The van der Waals surface area contributed by atoms with Gasteiger partial charge < -0.3 is 10.1 Å². The molecule has 0 aliphatic carbocycles. The molecule has 0 bridgehead atoms. The fraction of sp³-hybridized carbons (Fsp3) is 0.636. The van der Waals surface area contributed by atoms with Crippen molar-refractivity contribution in [2.75, 3.05) is 11.9 Å². The molecule has 7 nitrogen and oxygen atoms in total. The molecule has 154 valence electrons. The summed E-state index contributed by atoms with van der Waals surface area (Å²) in [6.45, 7) is 0.972. The summed E-state index contributed by atoms with van der Waals surface area (Å²) < 4.78 is 108. The van der Waals surface area contributed by atoms with E-state index in [0.717, 1.165) is 11.0 Å². The number of hydrogen-bond donors (Lipinski definition) is 1. The van der Waals surface area contributed by atoms with E-state index in [4.69, 9.17) is 0 Å². The first-order valence-corrected chi connectivity index (χ1v) is 6.78. The number of rotatable bonds is 0. The van der Waals surface area contributed by atoms with Crippen LogP contribution in [0.25, 0.3) is 0 Å². The van der Waals surface area contributed by atoms with Gasteiger partial charge in [0.2, 0.25) is 11.8 Å². The van der Waals surface area contributed by atoms with Crippen LogP contribution in [-0.2, 0) is 27.0 Å². The monoisotopic (exact) mass is 416 g/mol. The van der Waals surface area contributed by atoms with Gasteiger partial charge in [-0.1, -0.05) is 0 Å². The van der Waals surface area contributed by atoms with E-state index < -0.39 is 36.3 Å². The van der Waals surface area contributed by atoms with Crippen LogP contribution in [0.15, 0.2) is 0 Å². The first kappa shape index (κ1) is 22.5. The highest BCUT2D eigenvalue weighted by atomic mass is 19.4. The summed E-state index contributed by atoms with van der Waals surface area (Å²) in [5.74, 6) is -7.10. The van der Waals surface area contributed by atoms with E-state index in [0.29, 0.717) is 19.5 Å². The van der Waals surface area contributed by atoms with Crippen molar-refractivity contribution in [1.82, 2.24) is 14.8 Å². The number of carbonyl (C=O) groups excluding carboxylic acids is 2. The van der Waals surface area contributed by atoms with Crippen molar-refractivity contribution in [3.8, 4) is 0 Å². The number of esters is 2. The molecule has 1 aromatic heterocycles. The van der Waals surface area contributed by atoms with Gasteiger partial charge in [-0.15, -0.1) is 10.2 Å². The Hall–Kier alpha value is -2.55. The molecule has 0 atom stereocenters. The number of alkyl halides is 9. The highest BCUT2D eigenvalue weighted by molar-refractivity contribution is 5.90. The fourth-order valence-corrected chi connectivity index (χ4v) is 1.65. The van der Waals surface area contributed by atoms with Gasteiger partial charge in [0.15, 0.2) is 0 Å². The molecule has 0 saturated carbocycles. The lowest BCUT2D eigenvalue weighted by atomic mass is 10.3. The minimum Gasteiger partial charge on any atom is -0.380 e. The number of anilines is 1. The van der Waals surface area contributed by atoms with Crippen LogP contribution in [0.5, 0.6) is 0 Å². The standard InChI is InChI=1S/C7H9F3N4.C4F6O3/c8-7(9,10)5-12-13-6-11-3-1-2-4-14(5)6;5-3(6,7)1(11)13-2(12)4(8,9)10/h1-4H2,(H,11,13);. The molecule has 0 spiro atoms. The minimum atomic E-state index is -5.62. The van der Waals surface area contributed by atoms with Gasteiger partial charge in [0, 0.05) is 13.1 Å². The molecule has 0 aromatic carbocycles. The van der Waals surface area contributed by atoms with Gasteiger partial charge in [-0.05, 0) is 12.8 Å². The Labute approximate surface area is 143 Å². The lowest BCUT2D eigenvalue weighted by Gasteiger charge is -2.08. The summed E-state index contributed by atoms with van der Waals surface area (Å²) in [5, 5.41) is 9.41. The second-order valence-electron chi connectivity index (χ2n) is 4.80. The summed E-state index contributed by atoms with van der Waals surface area (Å²) in [6.07, 6.45) is -14.1. The molecular formula is C11H9F9N4O3. The lowest BCUT2D eigenvalue weighted by molar-refractivity contribution is -0.221. The van der Waals surface area contributed by atoms with Crippen LogP contribution in [0.4, 0.5) is 45.5 Å². The number of aromatic nitrogens is 3. The maximum Gasteiger partial charge on any atom is 0.491 e. The smallest absolute Gasteiger partial charge is 0.380 e. The van der Waals surface area contributed by atoms with Crippen LogP contribution in [0.1, 0.15) is 18.7 Å². The Balaban J connectivity index is 0.000000271. The average Bonchev–Trinajstić information content (AvgIpc) is 2.76. The number of carbonyl (C=O) groups is 2. The normalized spacial score (nSPS) is 14.9. The number of fused-ring (bicyclic) bond motifs is 1.